The Kier molecular flexibility index (Phi) is 6.43. The summed E-state index contributed by atoms with van der Waals surface area (Å²) in [4.78, 5) is 24.5. The van der Waals surface area contributed by atoms with Crippen molar-refractivity contribution < 1.29 is 13.2 Å². The lowest BCUT2D eigenvalue weighted by Gasteiger charge is -2.11. The summed E-state index contributed by atoms with van der Waals surface area (Å²) in [5, 5.41) is 6.90. The number of amides is 1. The van der Waals surface area contributed by atoms with E-state index >= 15 is 0 Å². The Hall–Kier alpha value is -3.30. The minimum atomic E-state index is -3.61. The Morgan fingerprint density at radius 3 is 2.30 bits per heavy atom. The van der Waals surface area contributed by atoms with Crippen LogP contribution in [-0.2, 0) is 21.4 Å². The standard InChI is InChI=1S/C21H22N4O4S/c1-15(2)24-30(28,29)18-10-8-17(9-11-18)22-20(26)14-25-21(27)13-12-19(23-25)16-6-4-3-5-7-16/h3-13,15,24H,14H2,1-2H3,(H,22,26). The molecule has 0 aliphatic heterocycles. The van der Waals surface area contributed by atoms with E-state index in [0.717, 1.165) is 10.2 Å². The van der Waals surface area contributed by atoms with Gasteiger partial charge in [-0.25, -0.2) is 17.8 Å². The fourth-order valence-corrected chi connectivity index (χ4v) is 4.01. The molecule has 0 radical (unpaired) electrons. The molecule has 9 heteroatoms. The number of carbonyl (C=O) groups excluding carboxylic acids is 1. The SMILES string of the molecule is CC(C)NS(=O)(=O)c1ccc(NC(=O)Cn2nc(-c3ccccc3)ccc2=O)cc1. The van der Waals surface area contributed by atoms with E-state index < -0.39 is 21.5 Å². The van der Waals surface area contributed by atoms with Crippen molar-refractivity contribution in [1.82, 2.24) is 14.5 Å². The minimum Gasteiger partial charge on any atom is -0.324 e. The van der Waals surface area contributed by atoms with Gasteiger partial charge in [0, 0.05) is 23.4 Å². The maximum atomic E-state index is 12.4. The van der Waals surface area contributed by atoms with Gasteiger partial charge in [0.2, 0.25) is 15.9 Å². The maximum Gasteiger partial charge on any atom is 0.267 e. The van der Waals surface area contributed by atoms with Gasteiger partial charge in [-0.3, -0.25) is 9.59 Å². The number of sulfonamides is 1. The predicted octanol–water partition coefficient (Wildman–Crippen LogP) is 2.24. The highest BCUT2D eigenvalue weighted by atomic mass is 32.2. The van der Waals surface area contributed by atoms with Gasteiger partial charge in [-0.15, -0.1) is 0 Å². The van der Waals surface area contributed by atoms with E-state index in [0.29, 0.717) is 11.4 Å². The first kappa shape index (κ1) is 21.4. The van der Waals surface area contributed by atoms with Crippen LogP contribution in [0.3, 0.4) is 0 Å². The summed E-state index contributed by atoms with van der Waals surface area (Å²) >= 11 is 0. The van der Waals surface area contributed by atoms with Crippen LogP contribution in [0, 0.1) is 0 Å². The predicted molar refractivity (Wildman–Crippen MR) is 114 cm³/mol. The Balaban J connectivity index is 1.71. The average Bonchev–Trinajstić information content (AvgIpc) is 2.70. The molecule has 0 aliphatic rings. The summed E-state index contributed by atoms with van der Waals surface area (Å²) < 4.78 is 27.9. The zero-order valence-corrected chi connectivity index (χ0v) is 17.4. The third kappa shape index (κ3) is 5.40. The van der Waals surface area contributed by atoms with Crippen LogP contribution in [0.5, 0.6) is 0 Å². The van der Waals surface area contributed by atoms with Crippen molar-refractivity contribution in [1.29, 1.82) is 0 Å². The fourth-order valence-electron chi connectivity index (χ4n) is 2.76. The molecule has 0 saturated heterocycles. The first-order valence-electron chi connectivity index (χ1n) is 9.30. The largest absolute Gasteiger partial charge is 0.324 e. The second-order valence-electron chi connectivity index (χ2n) is 6.93. The molecule has 0 bridgehead atoms. The van der Waals surface area contributed by atoms with Crippen molar-refractivity contribution in [3.63, 3.8) is 0 Å². The van der Waals surface area contributed by atoms with Crippen LogP contribution in [0.25, 0.3) is 11.3 Å². The monoisotopic (exact) mass is 426 g/mol. The molecule has 3 aromatic rings. The second kappa shape index (κ2) is 9.02. The Morgan fingerprint density at radius 1 is 1.00 bits per heavy atom. The summed E-state index contributed by atoms with van der Waals surface area (Å²) in [6.45, 7) is 3.19. The fraction of sp³-hybridized carbons (Fsp3) is 0.190. The van der Waals surface area contributed by atoms with Gasteiger partial charge in [0.25, 0.3) is 5.56 Å². The summed E-state index contributed by atoms with van der Waals surface area (Å²) in [7, 11) is -3.61. The molecule has 156 valence electrons. The molecule has 0 unspecified atom stereocenters. The number of anilines is 1. The third-order valence-corrected chi connectivity index (χ3v) is 5.74. The van der Waals surface area contributed by atoms with Gasteiger partial charge in [0.1, 0.15) is 6.54 Å². The lowest BCUT2D eigenvalue weighted by molar-refractivity contribution is -0.117. The van der Waals surface area contributed by atoms with E-state index in [9.17, 15) is 18.0 Å². The van der Waals surface area contributed by atoms with Crippen molar-refractivity contribution in [2.75, 3.05) is 5.32 Å². The molecule has 0 atom stereocenters. The van der Waals surface area contributed by atoms with Crippen molar-refractivity contribution in [2.24, 2.45) is 0 Å². The van der Waals surface area contributed by atoms with Gasteiger partial charge >= 0.3 is 0 Å². The number of aromatic nitrogens is 2. The lowest BCUT2D eigenvalue weighted by atomic mass is 10.1. The summed E-state index contributed by atoms with van der Waals surface area (Å²) in [5.74, 6) is -0.453. The number of carbonyl (C=O) groups is 1. The molecule has 1 aromatic heterocycles. The molecule has 1 amide bonds. The van der Waals surface area contributed by atoms with E-state index in [4.69, 9.17) is 0 Å². The van der Waals surface area contributed by atoms with E-state index in [1.54, 1.807) is 19.9 Å². The van der Waals surface area contributed by atoms with E-state index in [1.165, 1.54) is 30.3 Å². The van der Waals surface area contributed by atoms with Crippen LogP contribution in [0.1, 0.15) is 13.8 Å². The Morgan fingerprint density at radius 2 is 1.67 bits per heavy atom. The summed E-state index contributed by atoms with van der Waals surface area (Å²) in [5.41, 5.74) is 1.43. The van der Waals surface area contributed by atoms with Crippen LogP contribution >= 0.6 is 0 Å². The van der Waals surface area contributed by atoms with Crippen LogP contribution in [0.15, 0.2) is 76.4 Å². The van der Waals surface area contributed by atoms with Gasteiger partial charge in [-0.2, -0.15) is 5.10 Å². The van der Waals surface area contributed by atoms with Crippen LogP contribution in [-0.4, -0.2) is 30.1 Å². The van der Waals surface area contributed by atoms with Crippen molar-refractivity contribution in [3.8, 4) is 11.3 Å². The number of benzene rings is 2. The topological polar surface area (TPSA) is 110 Å². The molecule has 30 heavy (non-hydrogen) atoms. The van der Waals surface area contributed by atoms with Crippen molar-refractivity contribution in [3.05, 3.63) is 77.1 Å². The molecule has 3 rings (SSSR count). The van der Waals surface area contributed by atoms with E-state index in [2.05, 4.69) is 15.1 Å². The maximum absolute atomic E-state index is 12.4. The minimum absolute atomic E-state index is 0.0997. The van der Waals surface area contributed by atoms with Gasteiger partial charge in [-0.05, 0) is 44.2 Å². The molecule has 0 spiro atoms. The molecule has 0 fully saturated rings. The van der Waals surface area contributed by atoms with Crippen molar-refractivity contribution in [2.45, 2.75) is 31.3 Å². The van der Waals surface area contributed by atoms with Crippen molar-refractivity contribution >= 4 is 21.6 Å². The summed E-state index contributed by atoms with van der Waals surface area (Å²) in [6, 6.07) is 17.9. The summed E-state index contributed by atoms with van der Waals surface area (Å²) in [6.07, 6.45) is 0. The molecule has 2 N–H and O–H groups in total. The van der Waals surface area contributed by atoms with Gasteiger partial charge in [-0.1, -0.05) is 30.3 Å². The van der Waals surface area contributed by atoms with E-state index in [1.807, 2.05) is 30.3 Å². The number of rotatable bonds is 7. The quantitative estimate of drug-likeness (QED) is 0.602. The first-order chi connectivity index (χ1) is 14.2. The number of nitrogens with one attached hydrogen (secondary N) is 2. The molecular weight excluding hydrogens is 404 g/mol. The second-order valence-corrected chi connectivity index (χ2v) is 8.64. The normalized spacial score (nSPS) is 11.4. The zero-order chi connectivity index (χ0) is 21.7. The smallest absolute Gasteiger partial charge is 0.267 e. The highest BCUT2D eigenvalue weighted by Gasteiger charge is 2.15. The lowest BCUT2D eigenvalue weighted by Crippen LogP contribution is -2.30. The highest BCUT2D eigenvalue weighted by Crippen LogP contribution is 2.15. The van der Waals surface area contributed by atoms with E-state index in [-0.39, 0.29) is 17.5 Å². The van der Waals surface area contributed by atoms with Gasteiger partial charge in [0.05, 0.1) is 10.6 Å². The number of hydrogen-bond donors (Lipinski definition) is 2. The van der Waals surface area contributed by atoms with Gasteiger partial charge in [0.15, 0.2) is 0 Å². The van der Waals surface area contributed by atoms with Crippen LogP contribution < -0.4 is 15.6 Å². The molecule has 0 saturated carbocycles. The molecule has 1 heterocycles. The zero-order valence-electron chi connectivity index (χ0n) is 16.6. The van der Waals surface area contributed by atoms with Crippen LogP contribution in [0.2, 0.25) is 0 Å². The first-order valence-corrected chi connectivity index (χ1v) is 10.8. The third-order valence-electron chi connectivity index (χ3n) is 4.07. The molecule has 0 aliphatic carbocycles. The molecular formula is C21H22N4O4S. The number of nitrogens with zero attached hydrogens (tertiary/aromatic N) is 2. The molecule has 8 nitrogen and oxygen atoms in total. The average molecular weight is 426 g/mol. The number of hydrogen-bond acceptors (Lipinski definition) is 5. The Bertz CT molecular complexity index is 1190. The highest BCUT2D eigenvalue weighted by molar-refractivity contribution is 7.89. The molecule has 2 aromatic carbocycles. The Labute approximate surface area is 174 Å². The van der Waals surface area contributed by atoms with Gasteiger partial charge < -0.3 is 5.32 Å². The van der Waals surface area contributed by atoms with Crippen LogP contribution in [0.4, 0.5) is 5.69 Å².